The quantitative estimate of drug-likeness (QED) is 0.396. The van der Waals surface area contributed by atoms with E-state index in [0.29, 0.717) is 11.1 Å². The van der Waals surface area contributed by atoms with Crippen LogP contribution in [0.3, 0.4) is 0 Å². The Hall–Kier alpha value is -2.08. The molecule has 0 amide bonds. The van der Waals surface area contributed by atoms with Crippen LogP contribution in [0.5, 0.6) is 0 Å². The van der Waals surface area contributed by atoms with Gasteiger partial charge in [-0.2, -0.15) is 0 Å². The second-order valence-electron chi connectivity index (χ2n) is 3.74. The molecule has 1 aromatic carbocycles. The monoisotopic (exact) mass is 251 g/mol. The van der Waals surface area contributed by atoms with Crippen molar-refractivity contribution in [1.29, 1.82) is 0 Å². The van der Waals surface area contributed by atoms with E-state index in [4.69, 9.17) is 10.6 Å². The lowest BCUT2D eigenvalue weighted by atomic mass is 10.0. The van der Waals surface area contributed by atoms with Crippen LogP contribution in [0.4, 0.5) is 0 Å². The van der Waals surface area contributed by atoms with E-state index >= 15 is 0 Å². The first-order chi connectivity index (χ1) is 8.54. The average Bonchev–Trinajstić information content (AvgIpc) is 2.35. The van der Waals surface area contributed by atoms with Gasteiger partial charge in [-0.15, -0.1) is 0 Å². The second-order valence-corrected chi connectivity index (χ2v) is 3.74. The molecule has 1 rings (SSSR count). The molecule has 7 heteroatoms. The number of aliphatic hydroxyl groups excluding tert-OH is 2. The van der Waals surface area contributed by atoms with Gasteiger partial charge >= 0.3 is 5.97 Å². The highest BCUT2D eigenvalue weighted by molar-refractivity contribution is 5.70. The molecule has 2 atom stereocenters. The summed E-state index contributed by atoms with van der Waals surface area (Å²) in [6, 6.07) is 6.18. The van der Waals surface area contributed by atoms with Gasteiger partial charge in [0.1, 0.15) is 6.10 Å². The number of carbonyl (C=O) groups is 1. The van der Waals surface area contributed by atoms with E-state index in [1.54, 1.807) is 12.1 Å². The highest BCUT2D eigenvalue weighted by atomic mass is 16.4. The summed E-state index contributed by atoms with van der Waals surface area (Å²) < 4.78 is 0. The Balaban J connectivity index is 2.71. The molecule has 0 aliphatic rings. The summed E-state index contributed by atoms with van der Waals surface area (Å²) in [7, 11) is 0. The van der Waals surface area contributed by atoms with Gasteiger partial charge in [-0.25, -0.2) is 0 Å². The molecular formula is C11H13N3O4. The molecule has 3 N–H and O–H groups in total. The summed E-state index contributed by atoms with van der Waals surface area (Å²) in [5.41, 5.74) is 9.13. The Morgan fingerprint density at radius 2 is 1.94 bits per heavy atom. The Bertz CT molecular complexity index is 454. The molecule has 0 bridgehead atoms. The van der Waals surface area contributed by atoms with E-state index in [-0.39, 0.29) is 13.0 Å². The van der Waals surface area contributed by atoms with Crippen LogP contribution in [-0.2, 0) is 11.2 Å². The maximum absolute atomic E-state index is 10.5. The SMILES string of the molecule is [N-]=[N+]=NCC(O)C(O)c1ccc(CC(=O)O)cc1. The van der Waals surface area contributed by atoms with Gasteiger partial charge in [-0.1, -0.05) is 29.4 Å². The van der Waals surface area contributed by atoms with Gasteiger partial charge in [0, 0.05) is 4.91 Å². The molecule has 0 saturated heterocycles. The first-order valence-electron chi connectivity index (χ1n) is 5.22. The number of rotatable bonds is 6. The molecule has 0 aromatic heterocycles. The fourth-order valence-electron chi connectivity index (χ4n) is 1.45. The highest BCUT2D eigenvalue weighted by Crippen LogP contribution is 2.18. The number of hydrogen-bond acceptors (Lipinski definition) is 4. The normalized spacial score (nSPS) is 13.4. The molecule has 0 spiro atoms. The van der Waals surface area contributed by atoms with Crippen molar-refractivity contribution in [2.45, 2.75) is 18.6 Å². The molecule has 96 valence electrons. The zero-order chi connectivity index (χ0) is 13.5. The highest BCUT2D eigenvalue weighted by Gasteiger charge is 2.17. The van der Waals surface area contributed by atoms with Gasteiger partial charge in [0.05, 0.1) is 19.1 Å². The van der Waals surface area contributed by atoms with Gasteiger partial charge in [-0.3, -0.25) is 4.79 Å². The molecule has 0 heterocycles. The number of carboxylic acid groups (broad SMARTS) is 1. The number of aliphatic hydroxyl groups is 2. The Labute approximate surface area is 103 Å². The van der Waals surface area contributed by atoms with Gasteiger partial charge in [0.15, 0.2) is 0 Å². The first kappa shape index (κ1) is 14.0. The van der Waals surface area contributed by atoms with E-state index in [1.165, 1.54) is 12.1 Å². The minimum Gasteiger partial charge on any atom is -0.481 e. The van der Waals surface area contributed by atoms with Gasteiger partial charge in [-0.05, 0) is 16.7 Å². The number of nitrogens with zero attached hydrogens (tertiary/aromatic N) is 3. The predicted octanol–water partition coefficient (Wildman–Crippen LogP) is 1.02. The minimum atomic E-state index is -1.19. The lowest BCUT2D eigenvalue weighted by Gasteiger charge is -2.16. The number of aliphatic carboxylic acids is 1. The van der Waals surface area contributed by atoms with E-state index in [0.717, 1.165) is 0 Å². The second kappa shape index (κ2) is 6.61. The van der Waals surface area contributed by atoms with Crippen molar-refractivity contribution in [3.05, 3.63) is 45.8 Å². The summed E-state index contributed by atoms with van der Waals surface area (Å²) in [4.78, 5) is 13.0. The third-order valence-electron chi connectivity index (χ3n) is 2.37. The molecule has 0 aliphatic heterocycles. The molecule has 0 radical (unpaired) electrons. The molecule has 18 heavy (non-hydrogen) atoms. The summed E-state index contributed by atoms with van der Waals surface area (Å²) in [5.74, 6) is -0.938. The molecule has 1 aromatic rings. The number of carboxylic acids is 1. The van der Waals surface area contributed by atoms with Crippen LogP contribution >= 0.6 is 0 Å². The smallest absolute Gasteiger partial charge is 0.307 e. The number of azide groups is 1. The predicted molar refractivity (Wildman–Crippen MR) is 62.8 cm³/mol. The lowest BCUT2D eigenvalue weighted by molar-refractivity contribution is -0.136. The van der Waals surface area contributed by atoms with Crippen molar-refractivity contribution in [3.63, 3.8) is 0 Å². The third kappa shape index (κ3) is 4.06. The van der Waals surface area contributed by atoms with Crippen LogP contribution in [0, 0.1) is 0 Å². The van der Waals surface area contributed by atoms with E-state index in [2.05, 4.69) is 10.0 Å². The summed E-state index contributed by atoms with van der Waals surface area (Å²) in [5, 5.41) is 31.0. The molecule has 0 saturated carbocycles. The Morgan fingerprint density at radius 1 is 1.33 bits per heavy atom. The Kier molecular flexibility index (Phi) is 5.13. The molecule has 7 nitrogen and oxygen atoms in total. The maximum atomic E-state index is 10.5. The van der Waals surface area contributed by atoms with Crippen molar-refractivity contribution >= 4 is 5.97 Å². The fourth-order valence-corrected chi connectivity index (χ4v) is 1.45. The van der Waals surface area contributed by atoms with Gasteiger partial charge in [0.2, 0.25) is 0 Å². The average molecular weight is 251 g/mol. The van der Waals surface area contributed by atoms with Crippen molar-refractivity contribution < 1.29 is 20.1 Å². The van der Waals surface area contributed by atoms with Crippen LogP contribution < -0.4 is 0 Å². The van der Waals surface area contributed by atoms with E-state index in [1.807, 2.05) is 0 Å². The molecule has 0 fully saturated rings. The van der Waals surface area contributed by atoms with Crippen LogP contribution in [0.2, 0.25) is 0 Å². The topological polar surface area (TPSA) is 127 Å². The number of benzene rings is 1. The summed E-state index contributed by atoms with van der Waals surface area (Å²) >= 11 is 0. The first-order valence-corrected chi connectivity index (χ1v) is 5.22. The molecule has 0 aliphatic carbocycles. The fraction of sp³-hybridized carbons (Fsp3) is 0.364. The van der Waals surface area contributed by atoms with Crippen molar-refractivity contribution in [3.8, 4) is 0 Å². The largest absolute Gasteiger partial charge is 0.481 e. The zero-order valence-electron chi connectivity index (χ0n) is 9.47. The van der Waals surface area contributed by atoms with Crippen LogP contribution in [0.1, 0.15) is 17.2 Å². The number of hydrogen-bond donors (Lipinski definition) is 3. The lowest BCUT2D eigenvalue weighted by Crippen LogP contribution is -2.21. The third-order valence-corrected chi connectivity index (χ3v) is 2.37. The zero-order valence-corrected chi connectivity index (χ0v) is 9.47. The van der Waals surface area contributed by atoms with Crippen LogP contribution in [0.25, 0.3) is 10.4 Å². The van der Waals surface area contributed by atoms with Crippen LogP contribution in [-0.4, -0.2) is 33.9 Å². The maximum Gasteiger partial charge on any atom is 0.307 e. The van der Waals surface area contributed by atoms with Gasteiger partial charge in [0.25, 0.3) is 0 Å². The van der Waals surface area contributed by atoms with E-state index in [9.17, 15) is 15.0 Å². The van der Waals surface area contributed by atoms with E-state index < -0.39 is 18.2 Å². The minimum absolute atomic E-state index is 0.0995. The van der Waals surface area contributed by atoms with Gasteiger partial charge < -0.3 is 15.3 Å². The standard InChI is InChI=1S/C11H13N3O4/c12-14-13-6-9(15)11(18)8-3-1-7(2-4-8)5-10(16)17/h1-4,9,11,15,18H,5-6H2,(H,16,17). The van der Waals surface area contributed by atoms with Crippen molar-refractivity contribution in [2.75, 3.05) is 6.54 Å². The molecular weight excluding hydrogens is 238 g/mol. The van der Waals surface area contributed by atoms with Crippen molar-refractivity contribution in [2.24, 2.45) is 5.11 Å². The Morgan fingerprint density at radius 3 is 2.44 bits per heavy atom. The van der Waals surface area contributed by atoms with Crippen molar-refractivity contribution in [1.82, 2.24) is 0 Å². The summed E-state index contributed by atoms with van der Waals surface area (Å²) in [6.45, 7) is -0.228. The summed E-state index contributed by atoms with van der Waals surface area (Å²) in [6.07, 6.45) is -2.46. The van der Waals surface area contributed by atoms with Crippen LogP contribution in [0.15, 0.2) is 29.4 Å². The molecule has 2 unspecified atom stereocenters.